The van der Waals surface area contributed by atoms with E-state index in [0.29, 0.717) is 16.9 Å². The molecule has 1 rings (SSSR count). The molecule has 0 saturated heterocycles. The van der Waals surface area contributed by atoms with Crippen LogP contribution in [0.25, 0.3) is 0 Å². The summed E-state index contributed by atoms with van der Waals surface area (Å²) < 4.78 is 0. The zero-order valence-electron chi connectivity index (χ0n) is 11.6. The van der Waals surface area contributed by atoms with Crippen molar-refractivity contribution < 1.29 is 4.79 Å². The molecule has 1 aliphatic carbocycles. The molecule has 104 valence electrons. The van der Waals surface area contributed by atoms with Crippen LogP contribution in [0.2, 0.25) is 0 Å². The molecule has 1 aliphatic rings. The predicted molar refractivity (Wildman–Crippen MR) is 79.4 cm³/mol. The van der Waals surface area contributed by atoms with Gasteiger partial charge in [-0.1, -0.05) is 51.7 Å². The van der Waals surface area contributed by atoms with Crippen LogP contribution in [0.15, 0.2) is 0 Å². The fourth-order valence-electron chi connectivity index (χ4n) is 2.68. The molecule has 3 nitrogen and oxygen atoms in total. The van der Waals surface area contributed by atoms with E-state index in [-0.39, 0.29) is 11.8 Å². The SMILES string of the molecule is CCCC(C(=O)NC1CCCCCC1C)C(N)=S. The third-order valence-electron chi connectivity index (χ3n) is 3.93. The molecule has 3 atom stereocenters. The van der Waals surface area contributed by atoms with Crippen LogP contribution >= 0.6 is 12.2 Å². The zero-order chi connectivity index (χ0) is 13.5. The molecule has 0 radical (unpaired) electrons. The highest BCUT2D eigenvalue weighted by Crippen LogP contribution is 2.23. The summed E-state index contributed by atoms with van der Waals surface area (Å²) in [6.45, 7) is 4.28. The number of carbonyl (C=O) groups excluding carboxylic acids is 1. The Balaban J connectivity index is 2.57. The van der Waals surface area contributed by atoms with Gasteiger partial charge in [0.15, 0.2) is 0 Å². The fraction of sp³-hybridized carbons (Fsp3) is 0.857. The highest BCUT2D eigenvalue weighted by Gasteiger charge is 2.26. The molecule has 0 spiro atoms. The Morgan fingerprint density at radius 2 is 2.06 bits per heavy atom. The summed E-state index contributed by atoms with van der Waals surface area (Å²) in [5.41, 5.74) is 5.66. The second-order valence-electron chi connectivity index (χ2n) is 5.47. The molecule has 0 aromatic heterocycles. The molecule has 0 aromatic carbocycles. The molecule has 0 bridgehead atoms. The largest absolute Gasteiger partial charge is 0.393 e. The quantitative estimate of drug-likeness (QED) is 0.596. The summed E-state index contributed by atoms with van der Waals surface area (Å²) in [5, 5.41) is 3.17. The Hall–Kier alpha value is -0.640. The molecular formula is C14H26N2OS. The van der Waals surface area contributed by atoms with Crippen LogP contribution in [-0.4, -0.2) is 16.9 Å². The Morgan fingerprint density at radius 3 is 2.67 bits per heavy atom. The van der Waals surface area contributed by atoms with E-state index in [1.54, 1.807) is 0 Å². The van der Waals surface area contributed by atoms with Crippen molar-refractivity contribution in [1.82, 2.24) is 5.32 Å². The topological polar surface area (TPSA) is 55.1 Å². The molecule has 3 N–H and O–H groups in total. The van der Waals surface area contributed by atoms with Crippen LogP contribution < -0.4 is 11.1 Å². The summed E-state index contributed by atoms with van der Waals surface area (Å²) >= 11 is 5.00. The number of hydrogen-bond donors (Lipinski definition) is 2. The van der Waals surface area contributed by atoms with E-state index >= 15 is 0 Å². The van der Waals surface area contributed by atoms with Crippen LogP contribution in [0.1, 0.15) is 58.8 Å². The standard InChI is InChI=1S/C14H26N2OS/c1-3-7-11(13(15)18)14(17)16-12-9-6-4-5-8-10(12)2/h10-12H,3-9H2,1-2H3,(H2,15,18)(H,16,17). The normalized spacial score (nSPS) is 26.1. The minimum atomic E-state index is -0.291. The van der Waals surface area contributed by atoms with Crippen molar-refractivity contribution in [2.45, 2.75) is 64.8 Å². The lowest BCUT2D eigenvalue weighted by Crippen LogP contribution is -2.45. The van der Waals surface area contributed by atoms with Crippen LogP contribution in [0.5, 0.6) is 0 Å². The Morgan fingerprint density at radius 1 is 1.39 bits per heavy atom. The second-order valence-corrected chi connectivity index (χ2v) is 5.95. The summed E-state index contributed by atoms with van der Waals surface area (Å²) in [7, 11) is 0. The van der Waals surface area contributed by atoms with Gasteiger partial charge in [0.25, 0.3) is 0 Å². The van der Waals surface area contributed by atoms with Gasteiger partial charge in [-0.15, -0.1) is 0 Å². The van der Waals surface area contributed by atoms with Gasteiger partial charge in [0.2, 0.25) is 5.91 Å². The number of carbonyl (C=O) groups is 1. The molecule has 3 unspecified atom stereocenters. The first-order valence-electron chi connectivity index (χ1n) is 7.16. The van der Waals surface area contributed by atoms with E-state index in [2.05, 4.69) is 12.2 Å². The lowest BCUT2D eigenvalue weighted by molar-refractivity contribution is -0.124. The molecule has 1 amide bonds. The minimum Gasteiger partial charge on any atom is -0.393 e. The summed E-state index contributed by atoms with van der Waals surface area (Å²) in [5.74, 6) is 0.300. The third-order valence-corrected chi connectivity index (χ3v) is 4.21. The maximum Gasteiger partial charge on any atom is 0.230 e. The number of hydrogen-bond acceptors (Lipinski definition) is 2. The van der Waals surface area contributed by atoms with Gasteiger partial charge in [-0.3, -0.25) is 4.79 Å². The number of thiocarbonyl (C=S) groups is 1. The van der Waals surface area contributed by atoms with Gasteiger partial charge < -0.3 is 11.1 Å². The van der Waals surface area contributed by atoms with Crippen molar-refractivity contribution in [2.24, 2.45) is 17.6 Å². The number of nitrogens with two attached hydrogens (primary N) is 1. The first-order valence-corrected chi connectivity index (χ1v) is 7.56. The first-order chi connectivity index (χ1) is 8.56. The molecule has 0 heterocycles. The number of rotatable bonds is 5. The summed E-state index contributed by atoms with van der Waals surface area (Å²) in [6.07, 6.45) is 7.74. The lowest BCUT2D eigenvalue weighted by atomic mass is 9.95. The monoisotopic (exact) mass is 270 g/mol. The maximum atomic E-state index is 12.2. The molecule has 1 saturated carbocycles. The van der Waals surface area contributed by atoms with E-state index in [4.69, 9.17) is 18.0 Å². The summed E-state index contributed by atoms with van der Waals surface area (Å²) in [6, 6.07) is 0.300. The van der Waals surface area contributed by atoms with E-state index < -0.39 is 0 Å². The predicted octanol–water partition coefficient (Wildman–Crippen LogP) is 2.77. The average Bonchev–Trinajstić information content (AvgIpc) is 2.51. The zero-order valence-corrected chi connectivity index (χ0v) is 12.4. The highest BCUT2D eigenvalue weighted by molar-refractivity contribution is 7.80. The number of nitrogens with one attached hydrogen (secondary N) is 1. The van der Waals surface area contributed by atoms with Crippen LogP contribution in [0.3, 0.4) is 0 Å². The minimum absolute atomic E-state index is 0.0306. The molecular weight excluding hydrogens is 244 g/mol. The maximum absolute atomic E-state index is 12.2. The molecule has 18 heavy (non-hydrogen) atoms. The van der Waals surface area contributed by atoms with E-state index in [1.165, 1.54) is 25.7 Å². The van der Waals surface area contributed by atoms with Gasteiger partial charge in [0, 0.05) is 6.04 Å². The van der Waals surface area contributed by atoms with E-state index in [0.717, 1.165) is 19.3 Å². The Labute approximate surface area is 116 Å². The average molecular weight is 270 g/mol. The van der Waals surface area contributed by atoms with Crippen molar-refractivity contribution in [3.8, 4) is 0 Å². The van der Waals surface area contributed by atoms with Gasteiger partial charge in [-0.25, -0.2) is 0 Å². The molecule has 0 aliphatic heterocycles. The molecule has 1 fully saturated rings. The van der Waals surface area contributed by atoms with Crippen molar-refractivity contribution >= 4 is 23.1 Å². The van der Waals surface area contributed by atoms with Gasteiger partial charge >= 0.3 is 0 Å². The van der Waals surface area contributed by atoms with Gasteiger partial charge in [0.1, 0.15) is 0 Å². The van der Waals surface area contributed by atoms with Crippen LogP contribution in [-0.2, 0) is 4.79 Å². The van der Waals surface area contributed by atoms with Crippen molar-refractivity contribution in [3.05, 3.63) is 0 Å². The van der Waals surface area contributed by atoms with Crippen molar-refractivity contribution in [2.75, 3.05) is 0 Å². The lowest BCUT2D eigenvalue weighted by Gasteiger charge is -2.25. The fourth-order valence-corrected chi connectivity index (χ4v) is 2.91. The van der Waals surface area contributed by atoms with E-state index in [1.807, 2.05) is 6.92 Å². The smallest absolute Gasteiger partial charge is 0.230 e. The Kier molecular flexibility index (Phi) is 6.61. The highest BCUT2D eigenvalue weighted by atomic mass is 32.1. The van der Waals surface area contributed by atoms with Crippen molar-refractivity contribution in [3.63, 3.8) is 0 Å². The van der Waals surface area contributed by atoms with Crippen molar-refractivity contribution in [1.29, 1.82) is 0 Å². The van der Waals surface area contributed by atoms with Gasteiger partial charge in [-0.2, -0.15) is 0 Å². The second kappa shape index (κ2) is 7.72. The van der Waals surface area contributed by atoms with E-state index in [9.17, 15) is 4.79 Å². The van der Waals surface area contributed by atoms with Gasteiger partial charge in [-0.05, 0) is 25.2 Å². The number of amides is 1. The van der Waals surface area contributed by atoms with Gasteiger partial charge in [0.05, 0.1) is 10.9 Å². The van der Waals surface area contributed by atoms with Crippen LogP contribution in [0.4, 0.5) is 0 Å². The third kappa shape index (κ3) is 4.56. The summed E-state index contributed by atoms with van der Waals surface area (Å²) in [4.78, 5) is 12.6. The Bertz CT molecular complexity index is 294. The first kappa shape index (κ1) is 15.4. The van der Waals surface area contributed by atoms with Crippen LogP contribution in [0, 0.1) is 11.8 Å². The molecule has 4 heteroatoms. The molecule has 0 aromatic rings.